The normalized spacial score (nSPS) is 10.2. The number of benzene rings is 1. The van der Waals surface area contributed by atoms with Gasteiger partial charge in [0.05, 0.1) is 23.4 Å². The van der Waals surface area contributed by atoms with Crippen molar-refractivity contribution >= 4 is 33.4 Å². The van der Waals surface area contributed by atoms with E-state index in [9.17, 15) is 4.79 Å². The third kappa shape index (κ3) is 3.11. The van der Waals surface area contributed by atoms with Crippen LogP contribution in [0.3, 0.4) is 0 Å². The molecule has 0 spiro atoms. The molecule has 17 heavy (non-hydrogen) atoms. The van der Waals surface area contributed by atoms with Crippen LogP contribution in [-0.4, -0.2) is 5.91 Å². The van der Waals surface area contributed by atoms with E-state index >= 15 is 0 Å². The Hall–Kier alpha value is -1.26. The van der Waals surface area contributed by atoms with Gasteiger partial charge in [0.1, 0.15) is 5.76 Å². The summed E-state index contributed by atoms with van der Waals surface area (Å²) in [5.74, 6) is 0.470. The van der Waals surface area contributed by atoms with Crippen molar-refractivity contribution in [1.82, 2.24) is 5.32 Å². The Bertz CT molecular complexity index is 525. The third-order valence-electron chi connectivity index (χ3n) is 2.18. The van der Waals surface area contributed by atoms with Crippen LogP contribution in [0.2, 0.25) is 5.02 Å². The Morgan fingerprint density at radius 1 is 1.41 bits per heavy atom. The lowest BCUT2D eigenvalue weighted by Crippen LogP contribution is -2.22. The lowest BCUT2D eigenvalue weighted by molar-refractivity contribution is 0.0948. The molecular formula is C12H9BrClNO2. The predicted molar refractivity (Wildman–Crippen MR) is 69.0 cm³/mol. The van der Waals surface area contributed by atoms with Crippen molar-refractivity contribution in [3.8, 4) is 0 Å². The first-order valence-electron chi connectivity index (χ1n) is 4.92. The number of nitrogens with one attached hydrogen (secondary N) is 1. The fourth-order valence-corrected chi connectivity index (χ4v) is 1.91. The highest BCUT2D eigenvalue weighted by atomic mass is 79.9. The largest absolute Gasteiger partial charge is 0.467 e. The summed E-state index contributed by atoms with van der Waals surface area (Å²) in [6, 6.07) is 8.70. The molecule has 0 atom stereocenters. The second kappa shape index (κ2) is 5.38. The molecule has 0 aliphatic rings. The number of halogens is 2. The Morgan fingerprint density at radius 2 is 2.24 bits per heavy atom. The van der Waals surface area contributed by atoms with E-state index in [2.05, 4.69) is 21.2 Å². The maximum atomic E-state index is 11.9. The van der Waals surface area contributed by atoms with Crippen molar-refractivity contribution in [3.05, 3.63) is 57.4 Å². The van der Waals surface area contributed by atoms with Crippen molar-refractivity contribution in [2.24, 2.45) is 0 Å². The lowest BCUT2D eigenvalue weighted by atomic mass is 10.2. The second-order valence-corrected chi connectivity index (χ2v) is 4.71. The lowest BCUT2D eigenvalue weighted by Gasteiger charge is -2.05. The van der Waals surface area contributed by atoms with E-state index in [-0.39, 0.29) is 5.91 Å². The van der Waals surface area contributed by atoms with Gasteiger partial charge in [-0.1, -0.05) is 27.5 Å². The summed E-state index contributed by atoms with van der Waals surface area (Å²) in [5, 5.41) is 3.15. The molecule has 3 nitrogen and oxygen atoms in total. The highest BCUT2D eigenvalue weighted by Gasteiger charge is 2.10. The zero-order valence-electron chi connectivity index (χ0n) is 8.74. The molecule has 2 rings (SSSR count). The highest BCUT2D eigenvalue weighted by Crippen LogP contribution is 2.20. The van der Waals surface area contributed by atoms with Crippen LogP contribution in [0.25, 0.3) is 0 Å². The van der Waals surface area contributed by atoms with Gasteiger partial charge in [-0.15, -0.1) is 0 Å². The molecule has 0 saturated heterocycles. The Labute approximate surface area is 112 Å². The summed E-state index contributed by atoms with van der Waals surface area (Å²) < 4.78 is 5.93. The van der Waals surface area contributed by atoms with Crippen LogP contribution in [0, 0.1) is 0 Å². The molecule has 2 aromatic rings. The topological polar surface area (TPSA) is 42.2 Å². The van der Waals surface area contributed by atoms with Crippen LogP contribution in [0.5, 0.6) is 0 Å². The molecule has 1 aromatic heterocycles. The number of furan rings is 1. The molecule has 0 fully saturated rings. The predicted octanol–water partition coefficient (Wildman–Crippen LogP) is 3.63. The van der Waals surface area contributed by atoms with Crippen molar-refractivity contribution in [1.29, 1.82) is 0 Å². The molecular weight excluding hydrogens is 305 g/mol. The molecule has 1 amide bonds. The maximum Gasteiger partial charge on any atom is 0.253 e. The van der Waals surface area contributed by atoms with Crippen LogP contribution in [0.15, 0.2) is 45.5 Å². The third-order valence-corrected chi connectivity index (χ3v) is 3.00. The molecule has 1 N–H and O–H groups in total. The van der Waals surface area contributed by atoms with Crippen LogP contribution in [0.4, 0.5) is 0 Å². The van der Waals surface area contributed by atoms with Crippen LogP contribution in [-0.2, 0) is 6.54 Å². The molecule has 0 unspecified atom stereocenters. The van der Waals surface area contributed by atoms with Gasteiger partial charge in [0.25, 0.3) is 5.91 Å². The first-order valence-corrected chi connectivity index (χ1v) is 6.09. The Kier molecular flexibility index (Phi) is 3.86. The maximum absolute atomic E-state index is 11.9. The molecule has 1 heterocycles. The smallest absolute Gasteiger partial charge is 0.253 e. The zero-order chi connectivity index (χ0) is 12.3. The van der Waals surface area contributed by atoms with Crippen LogP contribution < -0.4 is 5.32 Å². The van der Waals surface area contributed by atoms with Gasteiger partial charge in [0.2, 0.25) is 0 Å². The molecule has 5 heteroatoms. The minimum absolute atomic E-state index is 0.229. The number of carbonyl (C=O) groups is 1. The average molecular weight is 315 g/mol. The van der Waals surface area contributed by atoms with E-state index in [1.165, 1.54) is 0 Å². The zero-order valence-corrected chi connectivity index (χ0v) is 11.1. The fourth-order valence-electron chi connectivity index (χ4n) is 1.35. The number of hydrogen-bond acceptors (Lipinski definition) is 2. The highest BCUT2D eigenvalue weighted by molar-refractivity contribution is 9.10. The van der Waals surface area contributed by atoms with Gasteiger partial charge in [-0.25, -0.2) is 0 Å². The summed E-state index contributed by atoms with van der Waals surface area (Å²) in [6.45, 7) is 0.342. The average Bonchev–Trinajstić information content (AvgIpc) is 2.82. The SMILES string of the molecule is O=C(NCc1ccco1)c1cc(Br)ccc1Cl. The minimum atomic E-state index is -0.229. The quantitative estimate of drug-likeness (QED) is 0.940. The second-order valence-electron chi connectivity index (χ2n) is 3.39. The molecule has 0 aliphatic carbocycles. The summed E-state index contributed by atoms with van der Waals surface area (Å²) in [5.41, 5.74) is 0.438. The van der Waals surface area contributed by atoms with E-state index in [4.69, 9.17) is 16.0 Å². The molecule has 88 valence electrons. The van der Waals surface area contributed by atoms with Crippen molar-refractivity contribution in [2.45, 2.75) is 6.54 Å². The summed E-state index contributed by atoms with van der Waals surface area (Å²) in [4.78, 5) is 11.9. The van der Waals surface area contributed by atoms with Gasteiger partial charge in [-0.3, -0.25) is 4.79 Å². The number of amides is 1. The molecule has 0 saturated carbocycles. The first-order chi connectivity index (χ1) is 8.16. The first kappa shape index (κ1) is 12.2. The van der Waals surface area contributed by atoms with Crippen molar-refractivity contribution in [2.75, 3.05) is 0 Å². The van der Waals surface area contributed by atoms with Gasteiger partial charge in [-0.2, -0.15) is 0 Å². The fraction of sp³-hybridized carbons (Fsp3) is 0.0833. The van der Waals surface area contributed by atoms with Crippen molar-refractivity contribution in [3.63, 3.8) is 0 Å². The molecule has 0 bridgehead atoms. The van der Waals surface area contributed by atoms with E-state index in [0.29, 0.717) is 22.9 Å². The van der Waals surface area contributed by atoms with Gasteiger partial charge >= 0.3 is 0 Å². The van der Waals surface area contributed by atoms with E-state index in [1.807, 2.05) is 0 Å². The van der Waals surface area contributed by atoms with Crippen molar-refractivity contribution < 1.29 is 9.21 Å². The molecule has 0 aliphatic heterocycles. The summed E-state index contributed by atoms with van der Waals surface area (Å²) in [6.07, 6.45) is 1.56. The van der Waals surface area contributed by atoms with Crippen LogP contribution in [0.1, 0.15) is 16.1 Å². The van der Waals surface area contributed by atoms with E-state index < -0.39 is 0 Å². The molecule has 1 aromatic carbocycles. The monoisotopic (exact) mass is 313 g/mol. The Morgan fingerprint density at radius 3 is 2.94 bits per heavy atom. The van der Waals surface area contributed by atoms with E-state index in [0.717, 1.165) is 4.47 Å². The summed E-state index contributed by atoms with van der Waals surface area (Å²) in [7, 11) is 0. The van der Waals surface area contributed by atoms with Gasteiger partial charge < -0.3 is 9.73 Å². The van der Waals surface area contributed by atoms with Gasteiger partial charge in [0.15, 0.2) is 0 Å². The van der Waals surface area contributed by atoms with Gasteiger partial charge in [-0.05, 0) is 30.3 Å². The number of carbonyl (C=O) groups excluding carboxylic acids is 1. The van der Waals surface area contributed by atoms with E-state index in [1.54, 1.807) is 36.6 Å². The van der Waals surface area contributed by atoms with Crippen LogP contribution >= 0.6 is 27.5 Å². The molecule has 0 radical (unpaired) electrons. The summed E-state index contributed by atoms with van der Waals surface area (Å²) >= 11 is 9.24. The minimum Gasteiger partial charge on any atom is -0.467 e. The standard InChI is InChI=1S/C12H9BrClNO2/c13-8-3-4-11(14)10(6-8)12(16)15-7-9-2-1-5-17-9/h1-6H,7H2,(H,15,16). The Balaban J connectivity index is 2.07. The number of rotatable bonds is 3. The number of hydrogen-bond donors (Lipinski definition) is 1. The van der Waals surface area contributed by atoms with Gasteiger partial charge in [0, 0.05) is 4.47 Å².